The molecule has 0 radical (unpaired) electrons. The van der Waals surface area contributed by atoms with E-state index in [1.54, 1.807) is 13.3 Å². The van der Waals surface area contributed by atoms with Crippen molar-refractivity contribution in [3.63, 3.8) is 0 Å². The third kappa shape index (κ3) is 3.00. The second kappa shape index (κ2) is 7.04. The Morgan fingerprint density at radius 3 is 2.76 bits per heavy atom. The molecule has 0 saturated heterocycles. The molecule has 0 bridgehead atoms. The zero-order chi connectivity index (χ0) is 20.0. The number of hydrogen-bond acceptors (Lipinski definition) is 4. The number of carbonyl (C=O) groups is 1. The molecule has 1 aliphatic carbocycles. The van der Waals surface area contributed by atoms with Crippen LogP contribution in [-0.4, -0.2) is 28.9 Å². The zero-order valence-corrected chi connectivity index (χ0v) is 16.6. The first kappa shape index (κ1) is 17.9. The number of rotatable bonds is 3. The first-order valence-electron chi connectivity index (χ1n) is 9.50. The van der Waals surface area contributed by atoms with Crippen LogP contribution in [0.1, 0.15) is 18.4 Å². The van der Waals surface area contributed by atoms with Crippen LogP contribution in [0.2, 0.25) is 5.02 Å². The van der Waals surface area contributed by atoms with Crippen molar-refractivity contribution < 1.29 is 9.53 Å². The summed E-state index contributed by atoms with van der Waals surface area (Å²) in [4.78, 5) is 13.3. The average Bonchev–Trinajstić information content (AvgIpc) is 3.22. The maximum atomic E-state index is 13.3. The minimum atomic E-state index is -0.145. The molecule has 7 heteroatoms. The van der Waals surface area contributed by atoms with Gasteiger partial charge < -0.3 is 4.74 Å². The Labute approximate surface area is 172 Å². The minimum absolute atomic E-state index is 0.0190. The number of hydrogen-bond donors (Lipinski definition) is 1. The van der Waals surface area contributed by atoms with E-state index in [-0.39, 0.29) is 17.7 Å². The van der Waals surface area contributed by atoms with E-state index < -0.39 is 0 Å². The predicted octanol–water partition coefficient (Wildman–Crippen LogP) is 4.56. The smallest absolute Gasteiger partial charge is 0.251 e. The summed E-state index contributed by atoms with van der Waals surface area (Å²) >= 11 is 6.37. The topological polar surface area (TPSA) is 70.6 Å². The van der Waals surface area contributed by atoms with Crippen molar-refractivity contribution >= 4 is 39.8 Å². The van der Waals surface area contributed by atoms with Gasteiger partial charge in [0.05, 0.1) is 41.2 Å². The Morgan fingerprint density at radius 2 is 1.97 bits per heavy atom. The van der Waals surface area contributed by atoms with Crippen LogP contribution in [0.25, 0.3) is 10.9 Å². The summed E-state index contributed by atoms with van der Waals surface area (Å²) in [6.45, 7) is 0. The van der Waals surface area contributed by atoms with E-state index in [1.165, 1.54) is 5.01 Å². The maximum absolute atomic E-state index is 13.3. The van der Waals surface area contributed by atoms with Gasteiger partial charge in [-0.25, -0.2) is 5.01 Å². The molecule has 2 atom stereocenters. The highest BCUT2D eigenvalue weighted by Gasteiger charge is 2.40. The number of nitrogens with zero attached hydrogens (tertiary/aromatic N) is 3. The molecule has 2 aromatic carbocycles. The summed E-state index contributed by atoms with van der Waals surface area (Å²) in [6.07, 6.45) is 7.44. The van der Waals surface area contributed by atoms with Gasteiger partial charge in [0.2, 0.25) is 0 Å². The van der Waals surface area contributed by atoms with E-state index in [0.717, 1.165) is 34.3 Å². The normalized spacial score (nSPS) is 21.2. The first-order chi connectivity index (χ1) is 14.2. The van der Waals surface area contributed by atoms with Crippen LogP contribution in [0, 0.1) is 11.8 Å². The van der Waals surface area contributed by atoms with Crippen LogP contribution in [0.15, 0.2) is 59.8 Å². The summed E-state index contributed by atoms with van der Waals surface area (Å²) in [5.74, 6) is 0.523. The van der Waals surface area contributed by atoms with Crippen molar-refractivity contribution in [2.24, 2.45) is 16.9 Å². The van der Waals surface area contributed by atoms with Crippen molar-refractivity contribution in [2.75, 3.05) is 12.1 Å². The summed E-state index contributed by atoms with van der Waals surface area (Å²) in [5.41, 5.74) is 3.43. The summed E-state index contributed by atoms with van der Waals surface area (Å²) < 4.78 is 5.28. The highest BCUT2D eigenvalue weighted by molar-refractivity contribution is 6.32. The number of halogens is 1. The van der Waals surface area contributed by atoms with Crippen LogP contribution in [-0.2, 0) is 4.79 Å². The molecule has 3 aromatic rings. The molecule has 0 fully saturated rings. The van der Waals surface area contributed by atoms with Crippen LogP contribution in [0.3, 0.4) is 0 Å². The molecule has 0 spiro atoms. The number of anilines is 1. The Hall–Kier alpha value is -3.12. The number of aromatic nitrogens is 2. The molecule has 6 nitrogen and oxygen atoms in total. The van der Waals surface area contributed by atoms with Crippen molar-refractivity contribution in [1.29, 1.82) is 0 Å². The van der Waals surface area contributed by atoms with E-state index >= 15 is 0 Å². The lowest BCUT2D eigenvalue weighted by Gasteiger charge is -2.37. The fraction of sp³-hybridized carbons (Fsp3) is 0.227. The number of H-pyrrole nitrogens is 1. The molecule has 5 rings (SSSR count). The number of carbonyl (C=O) groups excluding carboxylic acids is 1. The van der Waals surface area contributed by atoms with Gasteiger partial charge in [0.15, 0.2) is 0 Å². The molecule has 1 N–H and O–H groups in total. The van der Waals surface area contributed by atoms with Crippen molar-refractivity contribution in [2.45, 2.75) is 12.8 Å². The molecule has 1 aromatic heterocycles. The van der Waals surface area contributed by atoms with Crippen molar-refractivity contribution in [3.8, 4) is 5.75 Å². The zero-order valence-electron chi connectivity index (χ0n) is 15.8. The highest BCUT2D eigenvalue weighted by Crippen LogP contribution is 2.38. The number of ether oxygens (including phenoxy) is 1. The Balaban J connectivity index is 1.63. The molecular formula is C22H19ClN4O2. The van der Waals surface area contributed by atoms with Gasteiger partial charge in [0.1, 0.15) is 5.75 Å². The van der Waals surface area contributed by atoms with Crippen molar-refractivity contribution in [3.05, 3.63) is 65.3 Å². The van der Waals surface area contributed by atoms with Gasteiger partial charge in [-0.15, -0.1) is 0 Å². The lowest BCUT2D eigenvalue weighted by molar-refractivity contribution is -0.123. The van der Waals surface area contributed by atoms with E-state index in [4.69, 9.17) is 21.4 Å². The van der Waals surface area contributed by atoms with Crippen molar-refractivity contribution in [1.82, 2.24) is 10.2 Å². The van der Waals surface area contributed by atoms with E-state index in [2.05, 4.69) is 22.3 Å². The molecule has 0 saturated carbocycles. The second-order valence-electron chi connectivity index (χ2n) is 7.28. The maximum Gasteiger partial charge on any atom is 0.251 e. The van der Waals surface area contributed by atoms with Gasteiger partial charge in [-0.2, -0.15) is 10.2 Å². The molecule has 146 valence electrons. The van der Waals surface area contributed by atoms with Gasteiger partial charge >= 0.3 is 0 Å². The highest BCUT2D eigenvalue weighted by atomic mass is 35.5. The summed E-state index contributed by atoms with van der Waals surface area (Å²) in [6, 6.07) is 11.4. The lowest BCUT2D eigenvalue weighted by Crippen LogP contribution is -2.45. The van der Waals surface area contributed by atoms with Crippen LogP contribution < -0.4 is 9.75 Å². The monoisotopic (exact) mass is 406 g/mol. The first-order valence-corrected chi connectivity index (χ1v) is 9.88. The Kier molecular flexibility index (Phi) is 4.36. The molecule has 0 unspecified atom stereocenters. The molecule has 2 heterocycles. The molecule has 29 heavy (non-hydrogen) atoms. The number of amides is 1. The molecular weight excluding hydrogens is 388 g/mol. The number of nitrogens with one attached hydrogen (secondary N) is 1. The van der Waals surface area contributed by atoms with Crippen LogP contribution in [0.4, 0.5) is 5.69 Å². The Morgan fingerprint density at radius 1 is 1.14 bits per heavy atom. The Bertz CT molecular complexity index is 1170. The summed E-state index contributed by atoms with van der Waals surface area (Å²) in [5, 5.41) is 14.8. The number of benzene rings is 2. The standard InChI is InChI=1S/C22H19ClN4O2/c1-29-20-9-6-13(11-18(20)23)21-16-4-2-3-5-17(16)22(28)27(26-21)15-7-8-19-14(10-15)12-24-25-19/h2-3,6-12,16-17H,4-5H2,1H3,(H,24,25)/t16-,17+/m1/s1. The SMILES string of the molecule is COc1ccc(C2=NN(c3ccc4[nH]ncc4c3)C(=O)[C@H]3CC=CC[C@@H]23)cc1Cl. The van der Waals surface area contributed by atoms with E-state index in [9.17, 15) is 4.79 Å². The van der Waals surface area contributed by atoms with Gasteiger partial charge in [-0.3, -0.25) is 9.89 Å². The third-order valence-electron chi connectivity index (χ3n) is 5.63. The second-order valence-corrected chi connectivity index (χ2v) is 7.69. The molecule has 1 aliphatic heterocycles. The van der Waals surface area contributed by atoms with Gasteiger partial charge in [0.25, 0.3) is 5.91 Å². The number of allylic oxidation sites excluding steroid dienone is 2. The lowest BCUT2D eigenvalue weighted by atomic mass is 9.76. The van der Waals surface area contributed by atoms with Gasteiger partial charge in [-0.05, 0) is 54.8 Å². The fourth-order valence-electron chi connectivity index (χ4n) is 4.12. The van der Waals surface area contributed by atoms with Gasteiger partial charge in [-0.1, -0.05) is 23.8 Å². The predicted molar refractivity (Wildman–Crippen MR) is 113 cm³/mol. The van der Waals surface area contributed by atoms with E-state index in [1.807, 2.05) is 36.4 Å². The quantitative estimate of drug-likeness (QED) is 0.648. The largest absolute Gasteiger partial charge is 0.495 e. The van der Waals surface area contributed by atoms with Crippen LogP contribution >= 0.6 is 11.6 Å². The number of hydrazone groups is 1. The molecule has 2 aliphatic rings. The minimum Gasteiger partial charge on any atom is -0.495 e. The fourth-order valence-corrected chi connectivity index (χ4v) is 4.38. The number of methoxy groups -OCH3 is 1. The average molecular weight is 407 g/mol. The third-order valence-corrected chi connectivity index (χ3v) is 5.93. The number of fused-ring (bicyclic) bond motifs is 2. The molecule has 1 amide bonds. The number of aromatic amines is 1. The van der Waals surface area contributed by atoms with Crippen LogP contribution in [0.5, 0.6) is 5.75 Å². The summed E-state index contributed by atoms with van der Waals surface area (Å²) in [7, 11) is 1.59. The van der Waals surface area contributed by atoms with E-state index in [0.29, 0.717) is 17.2 Å². The van der Waals surface area contributed by atoms with Gasteiger partial charge in [0, 0.05) is 11.3 Å².